The highest BCUT2D eigenvalue weighted by Gasteiger charge is 2.22. The van der Waals surface area contributed by atoms with Gasteiger partial charge in [0.15, 0.2) is 11.5 Å². The zero-order chi connectivity index (χ0) is 30.5. The van der Waals surface area contributed by atoms with Crippen LogP contribution in [-0.2, 0) is 9.63 Å². The van der Waals surface area contributed by atoms with Crippen molar-refractivity contribution < 1.29 is 24.1 Å². The number of benzene rings is 5. The van der Waals surface area contributed by atoms with Crippen LogP contribution in [0.5, 0.6) is 0 Å². The molecule has 8 nitrogen and oxygen atoms in total. The largest absolute Gasteiger partial charge is 0.332 e. The van der Waals surface area contributed by atoms with E-state index in [1.54, 1.807) is 43.3 Å². The maximum atomic E-state index is 13.4. The van der Waals surface area contributed by atoms with E-state index in [4.69, 9.17) is 4.84 Å². The fraction of sp³-hybridized carbons (Fsp3) is 0.0588. The predicted octanol–water partition coefficient (Wildman–Crippen LogP) is 7.59. The molecule has 9 heteroatoms. The molecule has 0 amide bonds. The van der Waals surface area contributed by atoms with Crippen LogP contribution in [0.1, 0.15) is 44.3 Å². The number of nitro benzene ring substituents is 1. The Morgan fingerprint density at radius 3 is 1.98 bits per heavy atom. The summed E-state index contributed by atoms with van der Waals surface area (Å²) in [6, 6.07) is 31.7. The zero-order valence-corrected chi connectivity index (χ0v) is 24.0. The monoisotopic (exact) mass is 588 g/mol. The van der Waals surface area contributed by atoms with Gasteiger partial charge in [0.25, 0.3) is 5.69 Å². The van der Waals surface area contributed by atoms with Gasteiger partial charge in [-0.05, 0) is 77.9 Å². The topological polar surface area (TPSA) is 116 Å². The second-order valence-corrected chi connectivity index (χ2v) is 10.8. The van der Waals surface area contributed by atoms with Crippen molar-refractivity contribution in [2.75, 3.05) is 0 Å². The molecule has 0 bridgehead atoms. The van der Waals surface area contributed by atoms with E-state index in [0.717, 1.165) is 27.5 Å². The average Bonchev–Trinajstić information content (AvgIpc) is 3.01. The lowest BCUT2D eigenvalue weighted by Gasteiger charge is -2.09. The second kappa shape index (κ2) is 12.6. The van der Waals surface area contributed by atoms with Gasteiger partial charge in [-0.15, -0.1) is 0 Å². The van der Waals surface area contributed by atoms with Crippen molar-refractivity contribution in [1.82, 2.24) is 0 Å². The first kappa shape index (κ1) is 29.1. The Morgan fingerprint density at radius 1 is 0.744 bits per heavy atom. The standard InChI is InChI=1S/C34H24N2O6S/c1-21-7-14-28(36(40)41)20-31(21)32(35-42-22(2)37)34(39)25-12-17-30(18-13-25)43-29-15-10-24(11-16-29)33(38)27-9-8-23-5-3-4-6-26(23)19-27/h3-20H,1-2H3/b35-32-. The van der Waals surface area contributed by atoms with Gasteiger partial charge < -0.3 is 4.84 Å². The highest BCUT2D eigenvalue weighted by molar-refractivity contribution is 7.99. The van der Waals surface area contributed by atoms with Crippen LogP contribution in [0.2, 0.25) is 0 Å². The molecule has 0 fully saturated rings. The van der Waals surface area contributed by atoms with Gasteiger partial charge in [0.05, 0.1) is 4.92 Å². The van der Waals surface area contributed by atoms with Crippen LogP contribution in [0, 0.1) is 17.0 Å². The number of nitrogens with zero attached hydrogens (tertiary/aromatic N) is 2. The van der Waals surface area contributed by atoms with E-state index in [0.29, 0.717) is 16.7 Å². The Balaban J connectivity index is 1.32. The summed E-state index contributed by atoms with van der Waals surface area (Å²) in [5, 5.41) is 17.1. The van der Waals surface area contributed by atoms with Gasteiger partial charge in [-0.3, -0.25) is 19.7 Å². The summed E-state index contributed by atoms with van der Waals surface area (Å²) >= 11 is 1.46. The highest BCUT2D eigenvalue weighted by atomic mass is 32.2. The van der Waals surface area contributed by atoms with E-state index in [9.17, 15) is 24.5 Å². The molecule has 0 saturated carbocycles. The number of aryl methyl sites for hydroxylation is 1. The van der Waals surface area contributed by atoms with Crippen molar-refractivity contribution in [2.45, 2.75) is 23.6 Å². The number of carbonyl (C=O) groups excluding carboxylic acids is 3. The molecule has 5 aromatic carbocycles. The van der Waals surface area contributed by atoms with Crippen LogP contribution in [0.25, 0.3) is 10.8 Å². The SMILES string of the molecule is CC(=O)O/N=C(\C(=O)c1ccc(Sc2ccc(C(=O)c3ccc4ccccc4c3)cc2)cc1)c1cc([N+](=O)[O-])ccc1C. The number of oxime groups is 1. The number of carbonyl (C=O) groups is 3. The molecule has 0 N–H and O–H groups in total. The molecule has 5 rings (SSSR count). The van der Waals surface area contributed by atoms with Crippen molar-refractivity contribution in [2.24, 2.45) is 5.16 Å². The first-order valence-corrected chi connectivity index (χ1v) is 14.0. The number of rotatable bonds is 9. The molecule has 0 aliphatic heterocycles. The number of ketones is 2. The van der Waals surface area contributed by atoms with Gasteiger partial charge in [-0.2, -0.15) is 0 Å². The number of hydrogen-bond donors (Lipinski definition) is 0. The Hall–Kier alpha value is -5.41. The Bertz CT molecular complexity index is 1910. The summed E-state index contributed by atoms with van der Waals surface area (Å²) < 4.78 is 0. The normalized spacial score (nSPS) is 11.3. The van der Waals surface area contributed by atoms with Gasteiger partial charge in [-0.25, -0.2) is 4.79 Å². The summed E-state index contributed by atoms with van der Waals surface area (Å²) in [5.74, 6) is -1.35. The van der Waals surface area contributed by atoms with Gasteiger partial charge in [0.2, 0.25) is 5.78 Å². The molecule has 43 heavy (non-hydrogen) atoms. The van der Waals surface area contributed by atoms with Crippen molar-refractivity contribution in [1.29, 1.82) is 0 Å². The Kier molecular flexibility index (Phi) is 8.54. The van der Waals surface area contributed by atoms with Crippen LogP contribution >= 0.6 is 11.8 Å². The number of non-ortho nitro benzene ring substituents is 1. The molecular weight excluding hydrogens is 564 g/mol. The van der Waals surface area contributed by atoms with E-state index in [1.165, 1.54) is 30.0 Å². The molecule has 0 atom stereocenters. The zero-order valence-electron chi connectivity index (χ0n) is 23.1. The molecule has 0 radical (unpaired) electrons. The molecule has 5 aromatic rings. The molecule has 212 valence electrons. The summed E-state index contributed by atoms with van der Waals surface area (Å²) in [6.07, 6.45) is 0. The molecule has 0 spiro atoms. The maximum absolute atomic E-state index is 13.4. The molecule has 0 aliphatic rings. The minimum absolute atomic E-state index is 0.0598. The minimum Gasteiger partial charge on any atom is -0.318 e. The van der Waals surface area contributed by atoms with Crippen molar-refractivity contribution in [3.63, 3.8) is 0 Å². The van der Waals surface area contributed by atoms with E-state index >= 15 is 0 Å². The first-order chi connectivity index (χ1) is 20.7. The lowest BCUT2D eigenvalue weighted by atomic mass is 9.97. The van der Waals surface area contributed by atoms with Gasteiger partial charge in [0, 0.05) is 51.1 Å². The van der Waals surface area contributed by atoms with Crippen LogP contribution in [-0.4, -0.2) is 28.2 Å². The van der Waals surface area contributed by atoms with Gasteiger partial charge in [-0.1, -0.05) is 59.4 Å². The van der Waals surface area contributed by atoms with Crippen molar-refractivity contribution in [3.8, 4) is 0 Å². The molecular formula is C34H24N2O6S. The van der Waals surface area contributed by atoms with E-state index in [2.05, 4.69) is 5.16 Å². The van der Waals surface area contributed by atoms with E-state index in [-0.39, 0.29) is 28.3 Å². The van der Waals surface area contributed by atoms with E-state index in [1.807, 2.05) is 54.6 Å². The summed E-state index contributed by atoms with van der Waals surface area (Å²) in [5.41, 5.74) is 1.77. The van der Waals surface area contributed by atoms with Gasteiger partial charge in [0.1, 0.15) is 0 Å². The lowest BCUT2D eigenvalue weighted by molar-refractivity contribution is -0.384. The van der Waals surface area contributed by atoms with Crippen LogP contribution < -0.4 is 0 Å². The molecule has 0 heterocycles. The third-order valence-corrected chi connectivity index (χ3v) is 7.66. The molecule has 0 saturated heterocycles. The van der Waals surface area contributed by atoms with Crippen molar-refractivity contribution >= 4 is 51.5 Å². The Labute approximate surface area is 251 Å². The summed E-state index contributed by atoms with van der Waals surface area (Å²) in [7, 11) is 0. The fourth-order valence-electron chi connectivity index (χ4n) is 4.42. The molecule has 0 aromatic heterocycles. The number of hydrogen-bond acceptors (Lipinski definition) is 8. The number of fused-ring (bicyclic) bond motifs is 1. The Morgan fingerprint density at radius 2 is 1.35 bits per heavy atom. The average molecular weight is 589 g/mol. The van der Waals surface area contributed by atoms with E-state index < -0.39 is 16.7 Å². The first-order valence-electron chi connectivity index (χ1n) is 13.2. The van der Waals surface area contributed by atoms with Gasteiger partial charge >= 0.3 is 5.97 Å². The summed E-state index contributed by atoms with van der Waals surface area (Å²) in [4.78, 5) is 55.2. The molecule has 0 aliphatic carbocycles. The quantitative estimate of drug-likeness (QED) is 0.0573. The smallest absolute Gasteiger partial charge is 0.318 e. The third-order valence-electron chi connectivity index (χ3n) is 6.65. The maximum Gasteiger partial charge on any atom is 0.332 e. The number of nitro groups is 1. The summed E-state index contributed by atoms with van der Waals surface area (Å²) in [6.45, 7) is 2.82. The fourth-order valence-corrected chi connectivity index (χ4v) is 5.24. The second-order valence-electron chi connectivity index (χ2n) is 9.65. The lowest BCUT2D eigenvalue weighted by Crippen LogP contribution is -2.18. The highest BCUT2D eigenvalue weighted by Crippen LogP contribution is 2.29. The predicted molar refractivity (Wildman–Crippen MR) is 165 cm³/mol. The minimum atomic E-state index is -0.731. The van der Waals surface area contributed by atoms with Crippen LogP contribution in [0.15, 0.2) is 124 Å². The van der Waals surface area contributed by atoms with Crippen molar-refractivity contribution in [3.05, 3.63) is 147 Å². The van der Waals surface area contributed by atoms with Crippen LogP contribution in [0.4, 0.5) is 5.69 Å². The van der Waals surface area contributed by atoms with Crippen LogP contribution in [0.3, 0.4) is 0 Å². The molecule has 0 unspecified atom stereocenters. The number of Topliss-reactive ketones (excluding diaryl/α,β-unsaturated/α-hetero) is 1. The third kappa shape index (κ3) is 6.74.